The molecule has 116 valence electrons. The summed E-state index contributed by atoms with van der Waals surface area (Å²) in [5.74, 6) is -0.219. The molecular formula is C20H14ClN3. The second-order valence-electron chi connectivity index (χ2n) is 5.75. The summed E-state index contributed by atoms with van der Waals surface area (Å²) in [4.78, 5) is 0. The van der Waals surface area contributed by atoms with Gasteiger partial charge in [0.1, 0.15) is 0 Å². The third kappa shape index (κ3) is 2.12. The van der Waals surface area contributed by atoms with Gasteiger partial charge in [-0.3, -0.25) is 0 Å². The zero-order valence-electron chi connectivity index (χ0n) is 12.8. The van der Waals surface area contributed by atoms with Crippen molar-refractivity contribution in [1.82, 2.24) is 4.57 Å². The van der Waals surface area contributed by atoms with E-state index in [2.05, 4.69) is 12.1 Å². The number of allylic oxidation sites excluding steroid dienone is 1. The van der Waals surface area contributed by atoms with Gasteiger partial charge in [0.05, 0.1) is 23.0 Å². The minimum atomic E-state index is -0.219. The Morgan fingerprint density at radius 2 is 1.75 bits per heavy atom. The van der Waals surface area contributed by atoms with Crippen LogP contribution in [0.2, 0.25) is 5.02 Å². The van der Waals surface area contributed by atoms with E-state index in [-0.39, 0.29) is 5.92 Å². The third-order valence-corrected chi connectivity index (χ3v) is 4.69. The van der Waals surface area contributed by atoms with E-state index in [4.69, 9.17) is 17.3 Å². The second kappa shape index (κ2) is 5.59. The van der Waals surface area contributed by atoms with E-state index in [1.54, 1.807) is 0 Å². The van der Waals surface area contributed by atoms with Gasteiger partial charge in [-0.1, -0.05) is 41.9 Å². The smallest absolute Gasteiger partial charge is 0.0979 e. The zero-order chi connectivity index (χ0) is 16.7. The number of aromatic nitrogens is 1. The summed E-state index contributed by atoms with van der Waals surface area (Å²) in [6.07, 6.45) is 1.97. The van der Waals surface area contributed by atoms with E-state index < -0.39 is 0 Å². The predicted octanol–water partition coefficient (Wildman–Crippen LogP) is 4.47. The van der Waals surface area contributed by atoms with Crippen molar-refractivity contribution in [2.24, 2.45) is 5.73 Å². The molecule has 2 heterocycles. The predicted molar refractivity (Wildman–Crippen MR) is 95.8 cm³/mol. The number of benzene rings is 2. The Labute approximate surface area is 145 Å². The van der Waals surface area contributed by atoms with Gasteiger partial charge in [0, 0.05) is 22.8 Å². The Bertz CT molecular complexity index is 990. The molecular weight excluding hydrogens is 318 g/mol. The van der Waals surface area contributed by atoms with Gasteiger partial charge in [-0.2, -0.15) is 5.26 Å². The van der Waals surface area contributed by atoms with Crippen LogP contribution in [-0.2, 0) is 0 Å². The molecule has 2 aromatic carbocycles. The van der Waals surface area contributed by atoms with Crippen LogP contribution < -0.4 is 5.73 Å². The van der Waals surface area contributed by atoms with E-state index in [1.807, 2.05) is 65.4 Å². The number of halogens is 1. The zero-order valence-corrected chi connectivity index (χ0v) is 13.5. The largest absolute Gasteiger partial charge is 0.396 e. The standard InChI is InChI=1S/C20H14ClN3/c21-14-9-7-13(8-10-14)19-15-4-1-2-5-17(15)24-11-3-6-18(24)20(23)16(19)12-22/h1-11,19H,23H2. The van der Waals surface area contributed by atoms with Crippen molar-refractivity contribution in [3.8, 4) is 11.8 Å². The molecule has 2 N–H and O–H groups in total. The number of fused-ring (bicyclic) bond motifs is 3. The number of nitrogens with two attached hydrogens (primary N) is 1. The van der Waals surface area contributed by atoms with E-state index >= 15 is 0 Å². The topological polar surface area (TPSA) is 54.7 Å². The molecule has 1 aromatic heterocycles. The second-order valence-corrected chi connectivity index (χ2v) is 6.18. The monoisotopic (exact) mass is 331 g/mol. The number of hydrogen-bond acceptors (Lipinski definition) is 2. The van der Waals surface area contributed by atoms with Crippen molar-refractivity contribution >= 4 is 17.3 Å². The maximum Gasteiger partial charge on any atom is 0.0979 e. The van der Waals surface area contributed by atoms with Crippen LogP contribution >= 0.6 is 11.6 Å². The SMILES string of the molecule is N#CC1=C(N)c2cccn2-c2ccccc2C1c1ccc(Cl)cc1. The molecule has 0 fully saturated rings. The Morgan fingerprint density at radius 1 is 1.00 bits per heavy atom. The van der Waals surface area contributed by atoms with E-state index in [9.17, 15) is 5.26 Å². The molecule has 0 saturated heterocycles. The van der Waals surface area contributed by atoms with E-state index in [1.165, 1.54) is 0 Å². The maximum atomic E-state index is 9.84. The first kappa shape index (κ1) is 14.6. The van der Waals surface area contributed by atoms with Crippen LogP contribution in [0.3, 0.4) is 0 Å². The number of nitrogens with zero attached hydrogens (tertiary/aromatic N) is 2. The Hall–Kier alpha value is -2.96. The highest BCUT2D eigenvalue weighted by Gasteiger charge is 2.29. The first-order valence-corrected chi connectivity index (χ1v) is 8.00. The van der Waals surface area contributed by atoms with Crippen molar-refractivity contribution in [2.75, 3.05) is 0 Å². The fourth-order valence-corrected chi connectivity index (χ4v) is 3.46. The number of para-hydroxylation sites is 1. The molecule has 1 atom stereocenters. The molecule has 3 aromatic rings. The fourth-order valence-electron chi connectivity index (χ4n) is 3.34. The summed E-state index contributed by atoms with van der Waals surface area (Å²) < 4.78 is 2.04. The van der Waals surface area contributed by atoms with Gasteiger partial charge in [-0.25, -0.2) is 0 Å². The molecule has 0 saturated carbocycles. The molecule has 0 bridgehead atoms. The minimum absolute atomic E-state index is 0.219. The van der Waals surface area contributed by atoms with Gasteiger partial charge in [0.15, 0.2) is 0 Å². The molecule has 1 aliphatic heterocycles. The van der Waals surface area contributed by atoms with Gasteiger partial charge < -0.3 is 10.3 Å². The number of hydrogen-bond donors (Lipinski definition) is 1. The van der Waals surface area contributed by atoms with Crippen LogP contribution in [0.1, 0.15) is 22.7 Å². The van der Waals surface area contributed by atoms with Crippen molar-refractivity contribution in [3.05, 3.63) is 94.3 Å². The summed E-state index contributed by atoms with van der Waals surface area (Å²) in [6.45, 7) is 0. The van der Waals surface area contributed by atoms with Crippen LogP contribution in [0.15, 0.2) is 72.4 Å². The third-order valence-electron chi connectivity index (χ3n) is 4.43. The number of nitriles is 1. The van der Waals surface area contributed by atoms with Gasteiger partial charge in [0.25, 0.3) is 0 Å². The van der Waals surface area contributed by atoms with Crippen LogP contribution in [0.4, 0.5) is 0 Å². The highest BCUT2D eigenvalue weighted by Crippen LogP contribution is 2.41. The molecule has 0 spiro atoms. The van der Waals surface area contributed by atoms with Crippen LogP contribution in [0.5, 0.6) is 0 Å². The molecule has 1 aliphatic rings. The molecule has 0 aliphatic carbocycles. The molecule has 0 amide bonds. The summed E-state index contributed by atoms with van der Waals surface area (Å²) in [5.41, 5.74) is 11.4. The van der Waals surface area contributed by atoms with Gasteiger partial charge >= 0.3 is 0 Å². The average Bonchev–Trinajstić information content (AvgIpc) is 3.06. The van der Waals surface area contributed by atoms with Crippen LogP contribution in [0.25, 0.3) is 11.4 Å². The van der Waals surface area contributed by atoms with Crippen molar-refractivity contribution < 1.29 is 0 Å². The van der Waals surface area contributed by atoms with Crippen molar-refractivity contribution in [3.63, 3.8) is 0 Å². The molecule has 1 unspecified atom stereocenters. The summed E-state index contributed by atoms with van der Waals surface area (Å²) in [6, 6.07) is 21.9. The highest BCUT2D eigenvalue weighted by atomic mass is 35.5. The van der Waals surface area contributed by atoms with Gasteiger partial charge in [-0.15, -0.1) is 0 Å². The van der Waals surface area contributed by atoms with Gasteiger partial charge in [0.2, 0.25) is 0 Å². The van der Waals surface area contributed by atoms with E-state index in [0.29, 0.717) is 16.3 Å². The Balaban J connectivity index is 2.07. The maximum absolute atomic E-state index is 9.84. The molecule has 0 radical (unpaired) electrons. The van der Waals surface area contributed by atoms with Crippen LogP contribution in [-0.4, -0.2) is 4.57 Å². The van der Waals surface area contributed by atoms with Crippen LogP contribution in [0, 0.1) is 11.3 Å². The first-order chi connectivity index (χ1) is 11.7. The summed E-state index contributed by atoms with van der Waals surface area (Å²) in [7, 11) is 0. The number of rotatable bonds is 1. The minimum Gasteiger partial charge on any atom is -0.396 e. The first-order valence-electron chi connectivity index (χ1n) is 7.63. The Morgan fingerprint density at radius 3 is 2.50 bits per heavy atom. The lowest BCUT2D eigenvalue weighted by atomic mass is 9.84. The lowest BCUT2D eigenvalue weighted by Gasteiger charge is -2.19. The average molecular weight is 332 g/mol. The highest BCUT2D eigenvalue weighted by molar-refractivity contribution is 6.30. The lowest BCUT2D eigenvalue weighted by Crippen LogP contribution is -2.08. The van der Waals surface area contributed by atoms with E-state index in [0.717, 1.165) is 22.5 Å². The molecule has 24 heavy (non-hydrogen) atoms. The summed E-state index contributed by atoms with van der Waals surface area (Å²) >= 11 is 6.03. The molecule has 3 nitrogen and oxygen atoms in total. The Kier molecular flexibility index (Phi) is 3.41. The summed E-state index contributed by atoms with van der Waals surface area (Å²) in [5, 5.41) is 10.5. The molecule has 4 rings (SSSR count). The quantitative estimate of drug-likeness (QED) is 0.715. The lowest BCUT2D eigenvalue weighted by molar-refractivity contribution is 0.959. The van der Waals surface area contributed by atoms with Crippen molar-refractivity contribution in [1.29, 1.82) is 5.26 Å². The van der Waals surface area contributed by atoms with Crippen molar-refractivity contribution in [2.45, 2.75) is 5.92 Å². The van der Waals surface area contributed by atoms with Gasteiger partial charge in [-0.05, 0) is 41.5 Å². The normalized spacial score (nSPS) is 16.1. The fraction of sp³-hybridized carbons (Fsp3) is 0.0500. The molecule has 4 heteroatoms.